The SMILES string of the molecule is CC1CCCC(NC2CCOc3ccccc32)C1C. The Bertz CT molecular complexity index is 431. The second kappa shape index (κ2) is 5.54. The Morgan fingerprint density at radius 3 is 2.84 bits per heavy atom. The number of fused-ring (bicyclic) bond motifs is 1. The van der Waals surface area contributed by atoms with Crippen molar-refractivity contribution in [3.63, 3.8) is 0 Å². The summed E-state index contributed by atoms with van der Waals surface area (Å²) < 4.78 is 5.75. The van der Waals surface area contributed by atoms with E-state index in [0.29, 0.717) is 12.1 Å². The molecule has 0 saturated heterocycles. The molecule has 0 radical (unpaired) electrons. The van der Waals surface area contributed by atoms with Gasteiger partial charge in [-0.05, 0) is 24.3 Å². The Balaban J connectivity index is 1.74. The summed E-state index contributed by atoms with van der Waals surface area (Å²) in [6, 6.07) is 9.63. The summed E-state index contributed by atoms with van der Waals surface area (Å²) in [6.07, 6.45) is 5.18. The van der Waals surface area contributed by atoms with Crippen molar-refractivity contribution in [3.05, 3.63) is 29.8 Å². The van der Waals surface area contributed by atoms with E-state index in [9.17, 15) is 0 Å². The highest BCUT2D eigenvalue weighted by Gasteiger charge is 2.30. The number of ether oxygens (including phenoxy) is 1. The summed E-state index contributed by atoms with van der Waals surface area (Å²) in [5.74, 6) is 2.70. The highest BCUT2D eigenvalue weighted by atomic mass is 16.5. The largest absolute Gasteiger partial charge is 0.493 e. The number of rotatable bonds is 2. The van der Waals surface area contributed by atoms with Crippen molar-refractivity contribution in [3.8, 4) is 5.75 Å². The van der Waals surface area contributed by atoms with Gasteiger partial charge in [0.05, 0.1) is 6.61 Å². The summed E-state index contributed by atoms with van der Waals surface area (Å²) in [6.45, 7) is 5.65. The molecule has 2 nitrogen and oxygen atoms in total. The summed E-state index contributed by atoms with van der Waals surface area (Å²) in [5.41, 5.74) is 1.35. The van der Waals surface area contributed by atoms with E-state index in [1.807, 2.05) is 0 Å². The van der Waals surface area contributed by atoms with Crippen LogP contribution >= 0.6 is 0 Å². The van der Waals surface area contributed by atoms with Gasteiger partial charge < -0.3 is 10.1 Å². The molecule has 2 heteroatoms. The van der Waals surface area contributed by atoms with Crippen LogP contribution in [0.25, 0.3) is 0 Å². The van der Waals surface area contributed by atoms with Crippen molar-refractivity contribution < 1.29 is 4.74 Å². The smallest absolute Gasteiger partial charge is 0.124 e. The van der Waals surface area contributed by atoms with Crippen molar-refractivity contribution in [2.24, 2.45) is 11.8 Å². The van der Waals surface area contributed by atoms with Crippen LogP contribution in [0.15, 0.2) is 24.3 Å². The van der Waals surface area contributed by atoms with Crippen LogP contribution in [0.5, 0.6) is 5.75 Å². The van der Waals surface area contributed by atoms with Gasteiger partial charge in [0.1, 0.15) is 5.75 Å². The second-order valence-corrected chi connectivity index (χ2v) is 6.27. The minimum atomic E-state index is 0.475. The lowest BCUT2D eigenvalue weighted by molar-refractivity contribution is 0.173. The van der Waals surface area contributed by atoms with E-state index < -0.39 is 0 Å². The highest BCUT2D eigenvalue weighted by Crippen LogP contribution is 2.35. The van der Waals surface area contributed by atoms with Gasteiger partial charge in [0.25, 0.3) is 0 Å². The van der Waals surface area contributed by atoms with Crippen molar-refractivity contribution in [1.29, 1.82) is 0 Å². The van der Waals surface area contributed by atoms with Crippen LogP contribution in [0.4, 0.5) is 0 Å². The second-order valence-electron chi connectivity index (χ2n) is 6.27. The van der Waals surface area contributed by atoms with Crippen molar-refractivity contribution >= 4 is 0 Å². The topological polar surface area (TPSA) is 21.3 Å². The van der Waals surface area contributed by atoms with Gasteiger partial charge in [0.2, 0.25) is 0 Å². The number of hydrogen-bond donors (Lipinski definition) is 1. The Morgan fingerprint density at radius 2 is 1.95 bits per heavy atom. The van der Waals surface area contributed by atoms with Crippen LogP contribution < -0.4 is 10.1 Å². The Labute approximate surface area is 116 Å². The Kier molecular flexibility index (Phi) is 3.79. The quantitative estimate of drug-likeness (QED) is 0.869. The summed E-state index contributed by atoms with van der Waals surface area (Å²) in [5, 5.41) is 3.91. The molecule has 104 valence electrons. The molecule has 1 saturated carbocycles. The fraction of sp³-hybridized carbons (Fsp3) is 0.647. The first-order chi connectivity index (χ1) is 9.25. The first kappa shape index (κ1) is 13.0. The number of nitrogens with one attached hydrogen (secondary N) is 1. The van der Waals surface area contributed by atoms with E-state index in [-0.39, 0.29) is 0 Å². The zero-order valence-electron chi connectivity index (χ0n) is 12.1. The van der Waals surface area contributed by atoms with Crippen LogP contribution in [-0.2, 0) is 0 Å². The molecule has 0 spiro atoms. The molecular formula is C17H25NO. The van der Waals surface area contributed by atoms with Gasteiger partial charge in [-0.1, -0.05) is 44.9 Å². The minimum Gasteiger partial charge on any atom is -0.493 e. The zero-order chi connectivity index (χ0) is 13.2. The molecule has 0 amide bonds. The van der Waals surface area contributed by atoms with Gasteiger partial charge in [-0.3, -0.25) is 0 Å². The van der Waals surface area contributed by atoms with Crippen molar-refractivity contribution in [2.75, 3.05) is 6.61 Å². The van der Waals surface area contributed by atoms with Gasteiger partial charge in [-0.25, -0.2) is 0 Å². The summed E-state index contributed by atoms with van der Waals surface area (Å²) in [7, 11) is 0. The van der Waals surface area contributed by atoms with E-state index in [0.717, 1.165) is 30.6 Å². The van der Waals surface area contributed by atoms with Crippen LogP contribution in [0.1, 0.15) is 51.1 Å². The maximum absolute atomic E-state index is 5.75. The monoisotopic (exact) mass is 259 g/mol. The van der Waals surface area contributed by atoms with Crippen LogP contribution in [0, 0.1) is 11.8 Å². The lowest BCUT2D eigenvalue weighted by Gasteiger charge is -2.38. The third kappa shape index (κ3) is 2.64. The third-order valence-corrected chi connectivity index (χ3v) is 5.08. The van der Waals surface area contributed by atoms with E-state index in [1.165, 1.54) is 24.8 Å². The zero-order valence-corrected chi connectivity index (χ0v) is 12.1. The number of hydrogen-bond acceptors (Lipinski definition) is 2. The number of benzene rings is 1. The molecule has 0 bridgehead atoms. The maximum Gasteiger partial charge on any atom is 0.124 e. The number of para-hydroxylation sites is 1. The normalized spacial score (nSPS) is 34.4. The molecule has 1 heterocycles. The maximum atomic E-state index is 5.75. The minimum absolute atomic E-state index is 0.475. The fourth-order valence-electron chi connectivity index (χ4n) is 3.59. The van der Waals surface area contributed by atoms with Crippen molar-refractivity contribution in [2.45, 2.75) is 51.6 Å². The van der Waals surface area contributed by atoms with Gasteiger partial charge in [0, 0.05) is 24.1 Å². The molecule has 4 unspecified atom stereocenters. The average Bonchev–Trinajstić information content (AvgIpc) is 2.44. The van der Waals surface area contributed by atoms with E-state index in [2.05, 4.69) is 43.4 Å². The molecule has 0 aromatic heterocycles. The predicted octanol–water partition coefficient (Wildman–Crippen LogP) is 3.92. The first-order valence-corrected chi connectivity index (χ1v) is 7.73. The van der Waals surface area contributed by atoms with E-state index in [1.54, 1.807) is 0 Å². The predicted molar refractivity (Wildman–Crippen MR) is 78.4 cm³/mol. The molecule has 1 aliphatic heterocycles. The molecule has 1 fully saturated rings. The van der Waals surface area contributed by atoms with Crippen LogP contribution in [-0.4, -0.2) is 12.6 Å². The van der Waals surface area contributed by atoms with Gasteiger partial charge in [-0.2, -0.15) is 0 Å². The lowest BCUT2D eigenvalue weighted by atomic mass is 9.77. The van der Waals surface area contributed by atoms with Gasteiger partial charge in [-0.15, -0.1) is 0 Å². The van der Waals surface area contributed by atoms with Crippen LogP contribution in [0.3, 0.4) is 0 Å². The summed E-state index contributed by atoms with van der Waals surface area (Å²) in [4.78, 5) is 0. The van der Waals surface area contributed by atoms with Gasteiger partial charge in [0.15, 0.2) is 0 Å². The molecule has 1 aromatic carbocycles. The standard InChI is InChI=1S/C17H25NO/c1-12-6-5-8-15(13(12)2)18-16-10-11-19-17-9-4-3-7-14(16)17/h3-4,7,9,12-13,15-16,18H,5-6,8,10-11H2,1-2H3. The molecule has 19 heavy (non-hydrogen) atoms. The molecule has 1 N–H and O–H groups in total. The molecule has 1 aromatic rings. The molecular weight excluding hydrogens is 234 g/mol. The molecule has 4 atom stereocenters. The highest BCUT2D eigenvalue weighted by molar-refractivity contribution is 5.37. The summed E-state index contributed by atoms with van der Waals surface area (Å²) >= 11 is 0. The Hall–Kier alpha value is -1.02. The van der Waals surface area contributed by atoms with E-state index in [4.69, 9.17) is 4.74 Å². The molecule has 3 rings (SSSR count). The van der Waals surface area contributed by atoms with Crippen LogP contribution in [0.2, 0.25) is 0 Å². The average molecular weight is 259 g/mol. The lowest BCUT2D eigenvalue weighted by Crippen LogP contribution is -2.43. The van der Waals surface area contributed by atoms with Gasteiger partial charge >= 0.3 is 0 Å². The first-order valence-electron chi connectivity index (χ1n) is 7.73. The Morgan fingerprint density at radius 1 is 1.11 bits per heavy atom. The third-order valence-electron chi connectivity index (χ3n) is 5.08. The molecule has 1 aliphatic carbocycles. The fourth-order valence-corrected chi connectivity index (χ4v) is 3.59. The van der Waals surface area contributed by atoms with Crippen molar-refractivity contribution in [1.82, 2.24) is 5.32 Å². The molecule has 2 aliphatic rings. The van der Waals surface area contributed by atoms with E-state index >= 15 is 0 Å².